The van der Waals surface area contributed by atoms with Gasteiger partial charge in [-0.1, -0.05) is 11.6 Å². The van der Waals surface area contributed by atoms with Crippen molar-refractivity contribution in [3.63, 3.8) is 0 Å². The van der Waals surface area contributed by atoms with Gasteiger partial charge in [-0.05, 0) is 13.8 Å². The van der Waals surface area contributed by atoms with E-state index in [0.717, 1.165) is 12.4 Å². The fourth-order valence-corrected chi connectivity index (χ4v) is 1.92. The number of hydrogen-bond acceptors (Lipinski definition) is 5. The summed E-state index contributed by atoms with van der Waals surface area (Å²) in [4.78, 5) is 10.1. The summed E-state index contributed by atoms with van der Waals surface area (Å²) in [5.74, 6) is 0.766. The zero-order valence-electron chi connectivity index (χ0n) is 9.93. The fraction of sp³-hybridized carbons (Fsp3) is 0.636. The van der Waals surface area contributed by atoms with Gasteiger partial charge in [-0.25, -0.2) is 9.97 Å². The molecule has 1 saturated heterocycles. The van der Waals surface area contributed by atoms with E-state index in [1.165, 1.54) is 6.33 Å². The highest BCUT2D eigenvalue weighted by atomic mass is 35.5. The number of nitrogens with zero attached hydrogens (tertiary/aromatic N) is 3. The van der Waals surface area contributed by atoms with Crippen molar-refractivity contribution in [3.8, 4) is 0 Å². The molecule has 94 valence electrons. The number of rotatable bonds is 2. The Morgan fingerprint density at radius 1 is 1.53 bits per heavy atom. The summed E-state index contributed by atoms with van der Waals surface area (Å²) in [7, 11) is 0. The number of halogens is 1. The molecule has 0 saturated carbocycles. The van der Waals surface area contributed by atoms with Crippen LogP contribution in [0.15, 0.2) is 12.4 Å². The minimum absolute atomic E-state index is 0.231. The van der Waals surface area contributed by atoms with Crippen LogP contribution in [0.2, 0.25) is 5.15 Å². The summed E-state index contributed by atoms with van der Waals surface area (Å²) < 4.78 is 5.56. The highest BCUT2D eigenvalue weighted by molar-refractivity contribution is 6.29. The van der Waals surface area contributed by atoms with Gasteiger partial charge in [0.25, 0.3) is 0 Å². The molecule has 1 aliphatic heterocycles. The molecule has 2 heterocycles. The van der Waals surface area contributed by atoms with E-state index in [2.05, 4.69) is 9.97 Å². The molecule has 1 atom stereocenters. The summed E-state index contributed by atoms with van der Waals surface area (Å²) in [5.41, 5.74) is -0.866. The summed E-state index contributed by atoms with van der Waals surface area (Å²) in [6.07, 6.45) is 1.21. The Balaban J connectivity index is 2.12. The van der Waals surface area contributed by atoms with E-state index in [1.54, 1.807) is 19.9 Å². The van der Waals surface area contributed by atoms with E-state index in [0.29, 0.717) is 18.3 Å². The van der Waals surface area contributed by atoms with E-state index >= 15 is 0 Å². The lowest BCUT2D eigenvalue weighted by molar-refractivity contribution is -0.0929. The Morgan fingerprint density at radius 2 is 2.29 bits per heavy atom. The summed E-state index contributed by atoms with van der Waals surface area (Å²) in [6, 6.07) is 1.72. The highest BCUT2D eigenvalue weighted by Gasteiger charge is 2.32. The van der Waals surface area contributed by atoms with Gasteiger partial charge >= 0.3 is 0 Å². The van der Waals surface area contributed by atoms with Crippen LogP contribution >= 0.6 is 11.6 Å². The van der Waals surface area contributed by atoms with Crippen molar-refractivity contribution in [3.05, 3.63) is 17.5 Å². The summed E-state index contributed by atoms with van der Waals surface area (Å²) in [6.45, 7) is 5.38. The van der Waals surface area contributed by atoms with E-state index in [4.69, 9.17) is 16.3 Å². The minimum atomic E-state index is -0.866. The molecule has 0 aliphatic carbocycles. The average Bonchev–Trinajstić information content (AvgIpc) is 2.28. The highest BCUT2D eigenvalue weighted by Crippen LogP contribution is 2.22. The number of morpholine rings is 1. The van der Waals surface area contributed by atoms with Crippen molar-refractivity contribution in [1.82, 2.24) is 9.97 Å². The quantitative estimate of drug-likeness (QED) is 0.805. The Labute approximate surface area is 105 Å². The number of aromatic nitrogens is 2. The fourth-order valence-electron chi connectivity index (χ4n) is 1.78. The third-order valence-corrected chi connectivity index (χ3v) is 3.00. The van der Waals surface area contributed by atoms with E-state index in [9.17, 15) is 5.11 Å². The molecule has 5 nitrogen and oxygen atoms in total. The third-order valence-electron chi connectivity index (χ3n) is 2.80. The predicted octanol–water partition coefficient (Wildman–Crippen LogP) is 1.11. The second-order valence-electron chi connectivity index (χ2n) is 4.66. The van der Waals surface area contributed by atoms with Gasteiger partial charge in [0.05, 0.1) is 12.2 Å². The lowest BCUT2D eigenvalue weighted by atomic mass is 10.0. The van der Waals surface area contributed by atoms with Crippen LogP contribution in [0.25, 0.3) is 0 Å². The lowest BCUT2D eigenvalue weighted by Gasteiger charge is -2.39. The van der Waals surface area contributed by atoms with Crippen LogP contribution in [0.1, 0.15) is 13.8 Å². The van der Waals surface area contributed by atoms with Crippen molar-refractivity contribution in [2.24, 2.45) is 0 Å². The maximum absolute atomic E-state index is 9.95. The molecule has 2 rings (SSSR count). The monoisotopic (exact) mass is 257 g/mol. The second kappa shape index (κ2) is 4.76. The van der Waals surface area contributed by atoms with Crippen LogP contribution in [-0.2, 0) is 4.74 Å². The zero-order valence-corrected chi connectivity index (χ0v) is 10.7. The van der Waals surface area contributed by atoms with E-state index in [-0.39, 0.29) is 6.10 Å². The zero-order chi connectivity index (χ0) is 12.5. The maximum Gasteiger partial charge on any atom is 0.134 e. The largest absolute Gasteiger partial charge is 0.388 e. The average molecular weight is 258 g/mol. The number of anilines is 1. The number of ether oxygens (including phenoxy) is 1. The molecule has 0 amide bonds. The first-order valence-electron chi connectivity index (χ1n) is 5.53. The second-order valence-corrected chi connectivity index (χ2v) is 5.05. The molecule has 1 aromatic heterocycles. The molecule has 0 bridgehead atoms. The molecular formula is C11H16ClN3O2. The van der Waals surface area contributed by atoms with Gasteiger partial charge in [-0.15, -0.1) is 0 Å². The molecule has 0 radical (unpaired) electrons. The topological polar surface area (TPSA) is 58.5 Å². The molecule has 1 unspecified atom stereocenters. The molecule has 1 aliphatic rings. The molecule has 6 heteroatoms. The first-order chi connectivity index (χ1) is 7.97. The van der Waals surface area contributed by atoms with Gasteiger partial charge < -0.3 is 14.7 Å². The van der Waals surface area contributed by atoms with Crippen LogP contribution in [0.4, 0.5) is 5.82 Å². The summed E-state index contributed by atoms with van der Waals surface area (Å²) >= 11 is 5.83. The lowest BCUT2D eigenvalue weighted by Crippen LogP contribution is -2.52. The van der Waals surface area contributed by atoms with Gasteiger partial charge in [0, 0.05) is 19.2 Å². The van der Waals surface area contributed by atoms with Gasteiger partial charge in [0.2, 0.25) is 0 Å². The van der Waals surface area contributed by atoms with Gasteiger partial charge in [0.1, 0.15) is 23.4 Å². The molecule has 17 heavy (non-hydrogen) atoms. The smallest absolute Gasteiger partial charge is 0.134 e. The normalized spacial score (nSPS) is 21.6. The molecular weight excluding hydrogens is 242 g/mol. The predicted molar refractivity (Wildman–Crippen MR) is 65.3 cm³/mol. The standard InChI is InChI=1S/C11H16ClN3O2/c1-11(2,16)8-6-15(3-4-17-8)10-5-9(12)13-7-14-10/h5,7-8,16H,3-4,6H2,1-2H3. The van der Waals surface area contributed by atoms with Gasteiger partial charge in [-0.3, -0.25) is 0 Å². The molecule has 0 aromatic carbocycles. The van der Waals surface area contributed by atoms with Gasteiger partial charge in [0.15, 0.2) is 0 Å². The number of aliphatic hydroxyl groups is 1. The Hall–Kier alpha value is -0.910. The van der Waals surface area contributed by atoms with Crippen LogP contribution < -0.4 is 4.90 Å². The van der Waals surface area contributed by atoms with Crippen molar-refractivity contribution in [2.75, 3.05) is 24.6 Å². The molecule has 1 fully saturated rings. The van der Waals surface area contributed by atoms with Gasteiger partial charge in [-0.2, -0.15) is 0 Å². The van der Waals surface area contributed by atoms with E-state index in [1.807, 2.05) is 4.90 Å². The molecule has 1 aromatic rings. The summed E-state index contributed by atoms with van der Waals surface area (Å²) in [5, 5.41) is 10.4. The van der Waals surface area contributed by atoms with Crippen molar-refractivity contribution in [1.29, 1.82) is 0 Å². The third kappa shape index (κ3) is 3.06. The molecule has 1 N–H and O–H groups in total. The first-order valence-corrected chi connectivity index (χ1v) is 5.91. The molecule has 0 spiro atoms. The Morgan fingerprint density at radius 3 is 2.94 bits per heavy atom. The van der Waals surface area contributed by atoms with Crippen LogP contribution in [0.5, 0.6) is 0 Å². The Kier molecular flexibility index (Phi) is 3.51. The van der Waals surface area contributed by atoms with Crippen LogP contribution in [0.3, 0.4) is 0 Å². The SMILES string of the molecule is CC(C)(O)C1CN(c2cc(Cl)ncn2)CCO1. The number of hydrogen-bond donors (Lipinski definition) is 1. The van der Waals surface area contributed by atoms with Crippen LogP contribution in [-0.4, -0.2) is 46.5 Å². The first kappa shape index (κ1) is 12.5. The Bertz CT molecular complexity index is 395. The van der Waals surface area contributed by atoms with Crippen LogP contribution in [0, 0.1) is 0 Å². The van der Waals surface area contributed by atoms with Crippen molar-refractivity contribution >= 4 is 17.4 Å². The van der Waals surface area contributed by atoms with E-state index < -0.39 is 5.60 Å². The maximum atomic E-state index is 9.95. The minimum Gasteiger partial charge on any atom is -0.388 e. The van der Waals surface area contributed by atoms with Crippen molar-refractivity contribution < 1.29 is 9.84 Å². The van der Waals surface area contributed by atoms with Crippen molar-refractivity contribution in [2.45, 2.75) is 25.6 Å².